The molecule has 0 saturated carbocycles. The summed E-state index contributed by atoms with van der Waals surface area (Å²) in [5, 5.41) is 6.63. The summed E-state index contributed by atoms with van der Waals surface area (Å²) in [7, 11) is 1.59. The number of likely N-dealkylation sites (tertiary alicyclic amines) is 1. The Kier molecular flexibility index (Phi) is 7.58. The molecule has 0 aliphatic carbocycles. The van der Waals surface area contributed by atoms with Crippen molar-refractivity contribution < 1.29 is 14.3 Å². The number of amides is 2. The van der Waals surface area contributed by atoms with Crippen molar-refractivity contribution in [3.8, 4) is 5.75 Å². The molecule has 0 aromatic heterocycles. The number of ether oxygens (including phenoxy) is 1. The monoisotopic (exact) mass is 449 g/mol. The highest BCUT2D eigenvalue weighted by atomic mass is 35.5. The molecule has 0 bridgehead atoms. The fraction of sp³-hybridized carbons (Fsp3) is 0.364. The van der Waals surface area contributed by atoms with Crippen LogP contribution in [0.2, 0.25) is 10.0 Å². The Hall–Kier alpha value is -2.28. The molecule has 6 nitrogen and oxygen atoms in total. The molecule has 2 N–H and O–H groups in total. The van der Waals surface area contributed by atoms with Gasteiger partial charge in [0.15, 0.2) is 0 Å². The van der Waals surface area contributed by atoms with E-state index in [0.717, 1.165) is 5.56 Å². The number of piperidine rings is 1. The zero-order valence-electron chi connectivity index (χ0n) is 17.0. The fourth-order valence-corrected chi connectivity index (χ4v) is 3.77. The molecule has 1 saturated heterocycles. The minimum Gasteiger partial charge on any atom is -0.495 e. The van der Waals surface area contributed by atoms with Gasteiger partial charge in [0.25, 0.3) is 0 Å². The van der Waals surface area contributed by atoms with Crippen LogP contribution < -0.4 is 15.4 Å². The third kappa shape index (κ3) is 5.88. The quantitative estimate of drug-likeness (QED) is 0.675. The highest BCUT2D eigenvalue weighted by Crippen LogP contribution is 2.28. The van der Waals surface area contributed by atoms with Crippen molar-refractivity contribution in [2.75, 3.05) is 37.4 Å². The number of hydrogen-bond acceptors (Lipinski definition) is 4. The van der Waals surface area contributed by atoms with Crippen molar-refractivity contribution in [2.24, 2.45) is 5.92 Å². The molecule has 2 amide bonds. The number of aryl methyl sites for hydroxylation is 1. The third-order valence-corrected chi connectivity index (χ3v) is 5.88. The molecular formula is C22H25Cl2N3O3. The van der Waals surface area contributed by atoms with E-state index in [1.54, 1.807) is 25.3 Å². The van der Waals surface area contributed by atoms with Gasteiger partial charge in [-0.25, -0.2) is 0 Å². The molecule has 2 aromatic rings. The highest BCUT2D eigenvalue weighted by Gasteiger charge is 2.26. The molecule has 1 aliphatic rings. The van der Waals surface area contributed by atoms with Crippen molar-refractivity contribution in [2.45, 2.75) is 19.8 Å². The number of anilines is 2. The zero-order chi connectivity index (χ0) is 21.7. The minimum absolute atomic E-state index is 0.0166. The summed E-state index contributed by atoms with van der Waals surface area (Å²) < 4.78 is 5.35. The van der Waals surface area contributed by atoms with Crippen LogP contribution in [-0.4, -0.2) is 43.5 Å². The molecule has 2 aromatic carbocycles. The Labute approximate surface area is 186 Å². The Morgan fingerprint density at radius 3 is 2.47 bits per heavy atom. The minimum atomic E-state index is -0.124. The molecule has 0 spiro atoms. The Bertz CT molecular complexity index is 928. The van der Waals surface area contributed by atoms with E-state index in [4.69, 9.17) is 27.9 Å². The highest BCUT2D eigenvalue weighted by molar-refractivity contribution is 6.42. The molecule has 1 aliphatic heterocycles. The van der Waals surface area contributed by atoms with E-state index in [1.165, 1.54) is 0 Å². The Morgan fingerprint density at radius 2 is 1.80 bits per heavy atom. The van der Waals surface area contributed by atoms with Gasteiger partial charge in [-0.3, -0.25) is 14.5 Å². The largest absolute Gasteiger partial charge is 0.495 e. The van der Waals surface area contributed by atoms with E-state index >= 15 is 0 Å². The number of carbonyl (C=O) groups is 2. The van der Waals surface area contributed by atoms with Crippen molar-refractivity contribution in [3.63, 3.8) is 0 Å². The third-order valence-electron chi connectivity index (χ3n) is 5.14. The van der Waals surface area contributed by atoms with Crippen LogP contribution in [0.15, 0.2) is 36.4 Å². The maximum Gasteiger partial charge on any atom is 0.238 e. The lowest BCUT2D eigenvalue weighted by Crippen LogP contribution is -2.41. The molecule has 160 valence electrons. The first-order chi connectivity index (χ1) is 14.4. The number of benzene rings is 2. The average molecular weight is 450 g/mol. The summed E-state index contributed by atoms with van der Waals surface area (Å²) in [6.45, 7) is 3.59. The summed E-state index contributed by atoms with van der Waals surface area (Å²) in [4.78, 5) is 27.0. The van der Waals surface area contributed by atoms with E-state index in [0.29, 0.717) is 53.1 Å². The van der Waals surface area contributed by atoms with Crippen LogP contribution in [0.1, 0.15) is 18.4 Å². The maximum absolute atomic E-state index is 12.7. The zero-order valence-corrected chi connectivity index (χ0v) is 18.5. The summed E-state index contributed by atoms with van der Waals surface area (Å²) in [6, 6.07) is 10.7. The number of methoxy groups -OCH3 is 1. The van der Waals surface area contributed by atoms with E-state index in [2.05, 4.69) is 10.6 Å². The number of nitrogens with one attached hydrogen (secondary N) is 2. The van der Waals surface area contributed by atoms with Crippen molar-refractivity contribution in [3.05, 3.63) is 52.0 Å². The molecule has 0 atom stereocenters. The second-order valence-corrected chi connectivity index (χ2v) is 8.23. The molecule has 8 heteroatoms. The van der Waals surface area contributed by atoms with Gasteiger partial charge < -0.3 is 15.4 Å². The molecule has 1 fully saturated rings. The average Bonchev–Trinajstić information content (AvgIpc) is 2.72. The molecule has 1 heterocycles. The smallest absolute Gasteiger partial charge is 0.238 e. The standard InChI is InChI=1S/C22H25Cl2N3O3/c1-14-3-6-19(20(11-14)30-2)26-22(29)15-7-9-27(10-8-15)13-21(28)25-16-4-5-17(23)18(24)12-16/h3-6,11-12,15H,7-10,13H2,1-2H3,(H,25,28)(H,26,29). The number of halogens is 2. The maximum atomic E-state index is 12.7. The van der Waals surface area contributed by atoms with Gasteiger partial charge in [-0.1, -0.05) is 29.3 Å². The summed E-state index contributed by atoms with van der Waals surface area (Å²) in [5.74, 6) is 0.419. The predicted molar refractivity (Wildman–Crippen MR) is 121 cm³/mol. The van der Waals surface area contributed by atoms with Gasteiger partial charge in [-0.05, 0) is 68.8 Å². The fourth-order valence-electron chi connectivity index (χ4n) is 3.47. The summed E-state index contributed by atoms with van der Waals surface area (Å²) in [6.07, 6.45) is 1.39. The lowest BCUT2D eigenvalue weighted by molar-refractivity contribution is -0.121. The first kappa shape index (κ1) is 22.4. The van der Waals surface area contributed by atoms with Crippen molar-refractivity contribution in [1.82, 2.24) is 4.90 Å². The van der Waals surface area contributed by atoms with E-state index < -0.39 is 0 Å². The van der Waals surface area contributed by atoms with Crippen molar-refractivity contribution >= 4 is 46.4 Å². The molecular weight excluding hydrogens is 425 g/mol. The first-order valence-electron chi connectivity index (χ1n) is 9.78. The van der Waals surface area contributed by atoms with Crippen LogP contribution >= 0.6 is 23.2 Å². The second-order valence-electron chi connectivity index (χ2n) is 7.42. The van der Waals surface area contributed by atoms with Gasteiger partial charge in [0.05, 0.1) is 29.4 Å². The van der Waals surface area contributed by atoms with Crippen LogP contribution in [0, 0.1) is 12.8 Å². The predicted octanol–water partition coefficient (Wildman–Crippen LogP) is 4.60. The van der Waals surface area contributed by atoms with Crippen LogP contribution in [0.3, 0.4) is 0 Å². The normalized spacial score (nSPS) is 14.9. The summed E-state index contributed by atoms with van der Waals surface area (Å²) in [5.41, 5.74) is 2.35. The first-order valence-corrected chi connectivity index (χ1v) is 10.5. The van der Waals surface area contributed by atoms with Gasteiger partial charge in [0, 0.05) is 11.6 Å². The lowest BCUT2D eigenvalue weighted by atomic mass is 9.95. The lowest BCUT2D eigenvalue weighted by Gasteiger charge is -2.30. The molecule has 0 radical (unpaired) electrons. The van der Waals surface area contributed by atoms with E-state index in [1.807, 2.05) is 30.0 Å². The van der Waals surface area contributed by atoms with Crippen LogP contribution in [0.25, 0.3) is 0 Å². The van der Waals surface area contributed by atoms with E-state index in [9.17, 15) is 9.59 Å². The SMILES string of the molecule is COc1cc(C)ccc1NC(=O)C1CCN(CC(=O)Nc2ccc(Cl)c(Cl)c2)CC1. The Morgan fingerprint density at radius 1 is 1.07 bits per heavy atom. The van der Waals surface area contributed by atoms with Gasteiger partial charge in [-0.2, -0.15) is 0 Å². The molecule has 30 heavy (non-hydrogen) atoms. The Balaban J connectivity index is 1.47. The molecule has 3 rings (SSSR count). The van der Waals surface area contributed by atoms with Crippen LogP contribution in [0.5, 0.6) is 5.75 Å². The number of rotatable bonds is 6. The van der Waals surface area contributed by atoms with Gasteiger partial charge in [0.1, 0.15) is 5.75 Å². The number of hydrogen-bond donors (Lipinski definition) is 2. The van der Waals surface area contributed by atoms with Gasteiger partial charge in [0.2, 0.25) is 11.8 Å². The van der Waals surface area contributed by atoms with Crippen molar-refractivity contribution in [1.29, 1.82) is 0 Å². The summed E-state index contributed by atoms with van der Waals surface area (Å²) >= 11 is 11.9. The van der Waals surface area contributed by atoms with Crippen LogP contribution in [-0.2, 0) is 9.59 Å². The van der Waals surface area contributed by atoms with E-state index in [-0.39, 0.29) is 24.3 Å². The molecule has 0 unspecified atom stereocenters. The number of carbonyl (C=O) groups excluding carboxylic acids is 2. The second kappa shape index (κ2) is 10.2. The van der Waals surface area contributed by atoms with Gasteiger partial charge >= 0.3 is 0 Å². The van der Waals surface area contributed by atoms with Gasteiger partial charge in [-0.15, -0.1) is 0 Å². The number of nitrogens with zero attached hydrogens (tertiary/aromatic N) is 1. The van der Waals surface area contributed by atoms with Crippen LogP contribution in [0.4, 0.5) is 11.4 Å². The topological polar surface area (TPSA) is 70.7 Å².